The largest absolute Gasteiger partial charge is 0.389 e. The van der Waals surface area contributed by atoms with Crippen molar-refractivity contribution in [1.82, 2.24) is 0 Å². The average molecular weight is 341 g/mol. The minimum Gasteiger partial charge on any atom is -0.389 e. The maximum absolute atomic E-state index is 5.67. The lowest BCUT2D eigenvalue weighted by atomic mass is 10.0. The van der Waals surface area contributed by atoms with Crippen LogP contribution < -0.4 is 11.1 Å². The Hall–Kier alpha value is -0.610. The first-order valence-electron chi connectivity index (χ1n) is 6.92. The van der Waals surface area contributed by atoms with Crippen molar-refractivity contribution in [2.45, 2.75) is 45.1 Å². The zero-order valence-electron chi connectivity index (χ0n) is 11.3. The predicted molar refractivity (Wildman–Crippen MR) is 89.7 cm³/mol. The summed E-state index contributed by atoms with van der Waals surface area (Å²) in [5, 5.41) is 3.63. The molecule has 2 rings (SSSR count). The molecule has 0 spiro atoms. The van der Waals surface area contributed by atoms with Crippen LogP contribution in [0.15, 0.2) is 22.7 Å². The Bertz CT molecular complexity index is 461. The minimum absolute atomic E-state index is 0.432. The second kappa shape index (κ2) is 6.71. The molecule has 0 aliphatic heterocycles. The first-order chi connectivity index (χ1) is 9.06. The predicted octanol–water partition coefficient (Wildman–Crippen LogP) is 4.46. The molecule has 0 bridgehead atoms. The number of hydrogen-bond donors (Lipinski definition) is 2. The van der Waals surface area contributed by atoms with E-state index in [1.807, 2.05) is 6.07 Å². The lowest BCUT2D eigenvalue weighted by Crippen LogP contribution is -2.18. The van der Waals surface area contributed by atoms with Crippen LogP contribution in [0.2, 0.25) is 0 Å². The number of anilines is 1. The lowest BCUT2D eigenvalue weighted by molar-refractivity contribution is 0.502. The fraction of sp³-hybridized carbons (Fsp3) is 0.533. The zero-order chi connectivity index (χ0) is 13.8. The van der Waals surface area contributed by atoms with Gasteiger partial charge in [0.2, 0.25) is 0 Å². The molecule has 1 aromatic carbocycles. The second-order valence-electron chi connectivity index (χ2n) is 5.51. The summed E-state index contributed by atoms with van der Waals surface area (Å²) < 4.78 is 0.965. The Morgan fingerprint density at radius 1 is 1.32 bits per heavy atom. The summed E-state index contributed by atoms with van der Waals surface area (Å²) >= 11 is 8.54. The highest BCUT2D eigenvalue weighted by Gasteiger charge is 2.16. The standard InChI is InChI=1S/C15H21BrN2S/c1-10-3-2-4-11(6-5-10)18-12-7-8-13(15(17)19)14(16)9-12/h7-11,18H,2-6H2,1H3,(H2,17,19). The van der Waals surface area contributed by atoms with Crippen LogP contribution in [0.25, 0.3) is 0 Å². The van der Waals surface area contributed by atoms with Gasteiger partial charge >= 0.3 is 0 Å². The van der Waals surface area contributed by atoms with Crippen molar-refractivity contribution in [2.75, 3.05) is 5.32 Å². The van der Waals surface area contributed by atoms with E-state index in [-0.39, 0.29) is 0 Å². The van der Waals surface area contributed by atoms with Crippen molar-refractivity contribution in [3.8, 4) is 0 Å². The summed E-state index contributed by atoms with van der Waals surface area (Å²) in [4.78, 5) is 0.432. The molecular weight excluding hydrogens is 320 g/mol. The third kappa shape index (κ3) is 4.18. The summed E-state index contributed by atoms with van der Waals surface area (Å²) in [5.41, 5.74) is 7.71. The van der Waals surface area contributed by atoms with Crippen LogP contribution in [0.5, 0.6) is 0 Å². The number of halogens is 1. The highest BCUT2D eigenvalue weighted by Crippen LogP contribution is 2.27. The van der Waals surface area contributed by atoms with Gasteiger partial charge in [-0.3, -0.25) is 0 Å². The van der Waals surface area contributed by atoms with E-state index in [1.165, 1.54) is 32.1 Å². The molecular formula is C15H21BrN2S. The van der Waals surface area contributed by atoms with Gasteiger partial charge in [0.05, 0.1) is 0 Å². The van der Waals surface area contributed by atoms with Gasteiger partial charge < -0.3 is 11.1 Å². The molecule has 1 aromatic rings. The van der Waals surface area contributed by atoms with E-state index in [2.05, 4.69) is 40.3 Å². The fourth-order valence-corrected chi connectivity index (χ4v) is 3.57. The van der Waals surface area contributed by atoms with Gasteiger partial charge in [-0.2, -0.15) is 0 Å². The van der Waals surface area contributed by atoms with Crippen LogP contribution in [-0.2, 0) is 0 Å². The Morgan fingerprint density at radius 2 is 2.11 bits per heavy atom. The molecule has 19 heavy (non-hydrogen) atoms. The average Bonchev–Trinajstić information content (AvgIpc) is 2.54. The SMILES string of the molecule is CC1CCCC(Nc2ccc(C(N)=S)c(Br)c2)CC1. The van der Waals surface area contributed by atoms with Crippen molar-refractivity contribution in [1.29, 1.82) is 0 Å². The van der Waals surface area contributed by atoms with Gasteiger partial charge in [-0.1, -0.05) is 32.0 Å². The summed E-state index contributed by atoms with van der Waals surface area (Å²) in [7, 11) is 0. The lowest BCUT2D eigenvalue weighted by Gasteiger charge is -2.18. The van der Waals surface area contributed by atoms with Gasteiger partial charge in [-0.25, -0.2) is 0 Å². The van der Waals surface area contributed by atoms with Crippen LogP contribution >= 0.6 is 28.1 Å². The Labute approximate surface area is 129 Å². The molecule has 1 aliphatic rings. The number of nitrogens with one attached hydrogen (secondary N) is 1. The van der Waals surface area contributed by atoms with Crippen LogP contribution in [0, 0.1) is 5.92 Å². The number of nitrogens with two attached hydrogens (primary N) is 1. The molecule has 2 atom stereocenters. The molecule has 1 saturated carbocycles. The number of thiocarbonyl (C=S) groups is 1. The minimum atomic E-state index is 0.432. The van der Waals surface area contributed by atoms with E-state index in [9.17, 15) is 0 Å². The van der Waals surface area contributed by atoms with E-state index >= 15 is 0 Å². The van der Waals surface area contributed by atoms with Crippen LogP contribution in [0.3, 0.4) is 0 Å². The number of rotatable bonds is 3. The molecule has 1 fully saturated rings. The molecule has 1 aliphatic carbocycles. The van der Waals surface area contributed by atoms with Crippen LogP contribution in [0.4, 0.5) is 5.69 Å². The van der Waals surface area contributed by atoms with Gasteiger partial charge in [0.1, 0.15) is 4.99 Å². The smallest absolute Gasteiger partial charge is 0.105 e. The van der Waals surface area contributed by atoms with E-state index in [0.29, 0.717) is 11.0 Å². The van der Waals surface area contributed by atoms with Crippen molar-refractivity contribution in [3.63, 3.8) is 0 Å². The maximum atomic E-state index is 5.67. The third-order valence-corrected chi connectivity index (χ3v) is 4.74. The van der Waals surface area contributed by atoms with Gasteiger partial charge in [0.15, 0.2) is 0 Å². The van der Waals surface area contributed by atoms with Crippen molar-refractivity contribution >= 4 is 38.8 Å². The Kier molecular flexibility index (Phi) is 5.22. The van der Waals surface area contributed by atoms with E-state index < -0.39 is 0 Å². The monoisotopic (exact) mass is 340 g/mol. The van der Waals surface area contributed by atoms with Crippen LogP contribution in [0.1, 0.15) is 44.6 Å². The quantitative estimate of drug-likeness (QED) is 0.629. The Balaban J connectivity index is 2.03. The number of hydrogen-bond acceptors (Lipinski definition) is 2. The fourth-order valence-electron chi connectivity index (χ4n) is 2.67. The molecule has 4 heteroatoms. The Morgan fingerprint density at radius 3 is 2.79 bits per heavy atom. The second-order valence-corrected chi connectivity index (χ2v) is 6.81. The first kappa shape index (κ1) is 14.8. The van der Waals surface area contributed by atoms with Crippen molar-refractivity contribution in [2.24, 2.45) is 11.7 Å². The molecule has 104 valence electrons. The van der Waals surface area contributed by atoms with E-state index in [4.69, 9.17) is 18.0 Å². The van der Waals surface area contributed by atoms with Gasteiger partial charge in [-0.05, 0) is 59.3 Å². The van der Waals surface area contributed by atoms with Crippen molar-refractivity contribution in [3.05, 3.63) is 28.2 Å². The molecule has 3 N–H and O–H groups in total. The zero-order valence-corrected chi connectivity index (χ0v) is 13.7. The normalized spacial score (nSPS) is 23.7. The summed E-state index contributed by atoms with van der Waals surface area (Å²) in [6.07, 6.45) is 6.53. The molecule has 0 amide bonds. The van der Waals surface area contributed by atoms with E-state index in [1.54, 1.807) is 0 Å². The molecule has 0 heterocycles. The maximum Gasteiger partial charge on any atom is 0.105 e. The first-order valence-corrected chi connectivity index (χ1v) is 8.12. The summed E-state index contributed by atoms with van der Waals surface area (Å²) in [6, 6.07) is 6.71. The highest BCUT2D eigenvalue weighted by atomic mass is 79.9. The molecule has 2 nitrogen and oxygen atoms in total. The summed E-state index contributed by atoms with van der Waals surface area (Å²) in [5.74, 6) is 0.871. The topological polar surface area (TPSA) is 38.0 Å². The number of benzene rings is 1. The van der Waals surface area contributed by atoms with Gasteiger partial charge in [0.25, 0.3) is 0 Å². The molecule has 0 saturated heterocycles. The van der Waals surface area contributed by atoms with Crippen LogP contribution in [-0.4, -0.2) is 11.0 Å². The summed E-state index contributed by atoms with van der Waals surface area (Å²) in [6.45, 7) is 2.36. The van der Waals surface area contributed by atoms with Gasteiger partial charge in [0, 0.05) is 21.8 Å². The highest BCUT2D eigenvalue weighted by molar-refractivity contribution is 9.10. The van der Waals surface area contributed by atoms with Gasteiger partial charge in [-0.15, -0.1) is 0 Å². The van der Waals surface area contributed by atoms with E-state index in [0.717, 1.165) is 21.6 Å². The molecule has 0 aromatic heterocycles. The van der Waals surface area contributed by atoms with Crippen molar-refractivity contribution < 1.29 is 0 Å². The molecule has 2 unspecified atom stereocenters. The third-order valence-electron chi connectivity index (χ3n) is 3.86. The molecule has 0 radical (unpaired) electrons.